The molecule has 6 nitrogen and oxygen atoms in total. The van der Waals surface area contributed by atoms with E-state index in [9.17, 15) is 18.0 Å². The standard InChI is InChI=1S/C23H32F3N5O/c24-23(25,26)21-20(17-30-31(21)19-11-5-2-6-12-19)22(32)29-14-8-7-13-27-15-16-28-18-9-3-1-4-10-18/h2,5-6,11-12,17-18,27-28H,1,3-4,7-10,13-16H2,(H,29,32). The van der Waals surface area contributed by atoms with Gasteiger partial charge in [0.1, 0.15) is 0 Å². The van der Waals surface area contributed by atoms with Crippen molar-refractivity contribution in [1.29, 1.82) is 0 Å². The molecule has 0 saturated heterocycles. The highest BCUT2D eigenvalue weighted by Crippen LogP contribution is 2.33. The van der Waals surface area contributed by atoms with Gasteiger partial charge < -0.3 is 16.0 Å². The number of rotatable bonds is 11. The number of carbonyl (C=O) groups excluding carboxylic acids is 1. The van der Waals surface area contributed by atoms with Crippen molar-refractivity contribution >= 4 is 5.91 Å². The lowest BCUT2D eigenvalue weighted by molar-refractivity contribution is -0.143. The second kappa shape index (κ2) is 12.0. The Labute approximate surface area is 187 Å². The van der Waals surface area contributed by atoms with Crippen LogP contribution in [0.25, 0.3) is 5.69 Å². The van der Waals surface area contributed by atoms with Crippen LogP contribution >= 0.6 is 0 Å². The molecule has 1 saturated carbocycles. The van der Waals surface area contributed by atoms with Gasteiger partial charge in [-0.3, -0.25) is 4.79 Å². The van der Waals surface area contributed by atoms with Gasteiger partial charge in [0.25, 0.3) is 5.91 Å². The monoisotopic (exact) mass is 451 g/mol. The van der Waals surface area contributed by atoms with E-state index in [4.69, 9.17) is 0 Å². The van der Waals surface area contributed by atoms with Crippen molar-refractivity contribution in [3.05, 3.63) is 47.8 Å². The van der Waals surface area contributed by atoms with Crippen molar-refractivity contribution in [1.82, 2.24) is 25.7 Å². The molecule has 3 rings (SSSR count). The lowest BCUT2D eigenvalue weighted by Gasteiger charge is -2.22. The van der Waals surface area contributed by atoms with E-state index < -0.39 is 23.3 Å². The number of benzene rings is 1. The molecule has 1 aliphatic rings. The van der Waals surface area contributed by atoms with Gasteiger partial charge in [-0.15, -0.1) is 0 Å². The molecule has 32 heavy (non-hydrogen) atoms. The zero-order valence-corrected chi connectivity index (χ0v) is 18.3. The second-order valence-electron chi connectivity index (χ2n) is 8.15. The Bertz CT molecular complexity index is 832. The largest absolute Gasteiger partial charge is 0.434 e. The minimum absolute atomic E-state index is 0.253. The molecular formula is C23H32F3N5O. The normalized spacial score (nSPS) is 15.1. The fourth-order valence-corrected chi connectivity index (χ4v) is 4.02. The molecule has 0 bridgehead atoms. The molecule has 176 valence electrons. The summed E-state index contributed by atoms with van der Waals surface area (Å²) in [4.78, 5) is 12.4. The SMILES string of the molecule is O=C(NCCCCNCCNC1CCCCC1)c1cnn(-c2ccccc2)c1C(F)(F)F. The molecule has 2 aromatic rings. The summed E-state index contributed by atoms with van der Waals surface area (Å²) in [6.07, 6.45) is 4.30. The molecule has 1 aromatic carbocycles. The minimum atomic E-state index is -4.70. The van der Waals surface area contributed by atoms with E-state index >= 15 is 0 Å². The fourth-order valence-electron chi connectivity index (χ4n) is 4.02. The number of carbonyl (C=O) groups is 1. The molecule has 0 spiro atoms. The third kappa shape index (κ3) is 7.06. The van der Waals surface area contributed by atoms with E-state index in [0.29, 0.717) is 19.0 Å². The van der Waals surface area contributed by atoms with Crippen molar-refractivity contribution in [2.45, 2.75) is 57.2 Å². The number of amides is 1. The Hall–Kier alpha value is -2.39. The average Bonchev–Trinajstić information content (AvgIpc) is 3.25. The van der Waals surface area contributed by atoms with Crippen LogP contribution in [0.1, 0.15) is 61.0 Å². The predicted octanol–water partition coefficient (Wildman–Crippen LogP) is 3.91. The van der Waals surface area contributed by atoms with Crippen LogP contribution in [-0.2, 0) is 6.18 Å². The van der Waals surface area contributed by atoms with E-state index in [-0.39, 0.29) is 5.69 Å². The number of hydrogen-bond donors (Lipinski definition) is 3. The van der Waals surface area contributed by atoms with Crippen LogP contribution < -0.4 is 16.0 Å². The molecular weight excluding hydrogens is 419 g/mol. The third-order valence-corrected chi connectivity index (χ3v) is 5.69. The number of para-hydroxylation sites is 1. The maximum absolute atomic E-state index is 13.6. The number of unbranched alkanes of at least 4 members (excludes halogenated alkanes) is 1. The highest BCUT2D eigenvalue weighted by Gasteiger charge is 2.40. The Morgan fingerprint density at radius 2 is 1.72 bits per heavy atom. The van der Waals surface area contributed by atoms with Gasteiger partial charge in [0.15, 0.2) is 5.69 Å². The molecule has 3 N–H and O–H groups in total. The Kier molecular flexibility index (Phi) is 9.11. The van der Waals surface area contributed by atoms with Gasteiger partial charge in [0.2, 0.25) is 0 Å². The third-order valence-electron chi connectivity index (χ3n) is 5.69. The minimum Gasteiger partial charge on any atom is -0.352 e. The van der Waals surface area contributed by atoms with Crippen molar-refractivity contribution in [2.24, 2.45) is 0 Å². The van der Waals surface area contributed by atoms with Gasteiger partial charge >= 0.3 is 6.18 Å². The number of halogens is 3. The van der Waals surface area contributed by atoms with Crippen LogP contribution in [0.4, 0.5) is 13.2 Å². The van der Waals surface area contributed by atoms with Gasteiger partial charge in [-0.1, -0.05) is 37.5 Å². The lowest BCUT2D eigenvalue weighted by Crippen LogP contribution is -2.36. The summed E-state index contributed by atoms with van der Waals surface area (Å²) in [6, 6.07) is 8.63. The predicted molar refractivity (Wildman–Crippen MR) is 118 cm³/mol. The molecule has 1 fully saturated rings. The average molecular weight is 452 g/mol. The fraction of sp³-hybridized carbons (Fsp3) is 0.565. The Morgan fingerprint density at radius 1 is 1.00 bits per heavy atom. The first-order valence-corrected chi connectivity index (χ1v) is 11.4. The summed E-state index contributed by atoms with van der Waals surface area (Å²) in [5, 5.41) is 13.3. The zero-order valence-electron chi connectivity index (χ0n) is 18.3. The second-order valence-corrected chi connectivity index (χ2v) is 8.15. The summed E-state index contributed by atoms with van der Waals surface area (Å²) >= 11 is 0. The number of aromatic nitrogens is 2. The van der Waals surface area contributed by atoms with E-state index in [1.165, 1.54) is 44.2 Å². The van der Waals surface area contributed by atoms with Crippen molar-refractivity contribution in [3.8, 4) is 5.69 Å². The maximum Gasteiger partial charge on any atom is 0.434 e. The smallest absolute Gasteiger partial charge is 0.352 e. The first kappa shape index (κ1) is 24.3. The first-order valence-electron chi connectivity index (χ1n) is 11.4. The zero-order chi connectivity index (χ0) is 22.8. The number of nitrogens with zero attached hydrogens (tertiary/aromatic N) is 2. The molecule has 1 aliphatic carbocycles. The van der Waals surface area contributed by atoms with Crippen LogP contribution in [0, 0.1) is 0 Å². The summed E-state index contributed by atoms with van der Waals surface area (Å²) < 4.78 is 41.7. The van der Waals surface area contributed by atoms with Gasteiger partial charge in [0, 0.05) is 25.7 Å². The van der Waals surface area contributed by atoms with Gasteiger partial charge in [-0.05, 0) is 44.4 Å². The lowest BCUT2D eigenvalue weighted by atomic mass is 9.95. The Morgan fingerprint density at radius 3 is 2.44 bits per heavy atom. The molecule has 9 heteroatoms. The van der Waals surface area contributed by atoms with E-state index in [1.54, 1.807) is 18.2 Å². The molecule has 0 unspecified atom stereocenters. The molecule has 0 aliphatic heterocycles. The van der Waals surface area contributed by atoms with Crippen LogP contribution in [0.2, 0.25) is 0 Å². The van der Waals surface area contributed by atoms with Crippen LogP contribution in [-0.4, -0.2) is 47.9 Å². The highest BCUT2D eigenvalue weighted by molar-refractivity contribution is 5.95. The van der Waals surface area contributed by atoms with Crippen LogP contribution in [0.15, 0.2) is 36.5 Å². The van der Waals surface area contributed by atoms with Crippen LogP contribution in [0.3, 0.4) is 0 Å². The van der Waals surface area contributed by atoms with E-state index in [0.717, 1.165) is 36.9 Å². The first-order chi connectivity index (χ1) is 15.5. The topological polar surface area (TPSA) is 71.0 Å². The van der Waals surface area contributed by atoms with E-state index in [1.807, 2.05) is 0 Å². The Balaban J connectivity index is 1.38. The van der Waals surface area contributed by atoms with E-state index in [2.05, 4.69) is 21.0 Å². The number of hydrogen-bond acceptors (Lipinski definition) is 4. The van der Waals surface area contributed by atoms with Crippen molar-refractivity contribution < 1.29 is 18.0 Å². The van der Waals surface area contributed by atoms with Gasteiger partial charge in [-0.2, -0.15) is 18.3 Å². The number of nitrogens with one attached hydrogen (secondary N) is 3. The molecule has 1 amide bonds. The maximum atomic E-state index is 13.6. The highest BCUT2D eigenvalue weighted by atomic mass is 19.4. The molecule has 0 radical (unpaired) electrons. The molecule has 0 atom stereocenters. The molecule has 1 heterocycles. The summed E-state index contributed by atoms with van der Waals surface area (Å²) in [5.74, 6) is -0.760. The summed E-state index contributed by atoms with van der Waals surface area (Å²) in [7, 11) is 0. The van der Waals surface area contributed by atoms with Crippen LogP contribution in [0.5, 0.6) is 0 Å². The summed E-state index contributed by atoms with van der Waals surface area (Å²) in [5.41, 5.74) is -1.27. The van der Waals surface area contributed by atoms with Gasteiger partial charge in [-0.25, -0.2) is 4.68 Å². The quantitative estimate of drug-likeness (QED) is 0.453. The molecule has 1 aromatic heterocycles. The summed E-state index contributed by atoms with van der Waals surface area (Å²) in [6.45, 7) is 2.94. The van der Waals surface area contributed by atoms with Crippen molar-refractivity contribution in [2.75, 3.05) is 26.2 Å². The van der Waals surface area contributed by atoms with Crippen molar-refractivity contribution in [3.63, 3.8) is 0 Å². The van der Waals surface area contributed by atoms with Gasteiger partial charge in [0.05, 0.1) is 17.4 Å². The number of alkyl halides is 3.